The average molecular weight is 266 g/mol. The largest absolute Gasteiger partial charge is 0.507 e. The number of benzene rings is 1. The van der Waals surface area contributed by atoms with E-state index in [2.05, 4.69) is 5.32 Å². The summed E-state index contributed by atoms with van der Waals surface area (Å²) in [6.45, 7) is 4.03. The van der Waals surface area contributed by atoms with E-state index in [9.17, 15) is 14.3 Å². The van der Waals surface area contributed by atoms with E-state index in [-0.39, 0.29) is 17.4 Å². The molecule has 1 unspecified atom stereocenters. The molecule has 1 aliphatic heterocycles. The van der Waals surface area contributed by atoms with Gasteiger partial charge in [0.1, 0.15) is 17.1 Å². The molecule has 1 aromatic carbocycles. The number of halogens is 1. The fraction of sp³-hybridized carbons (Fsp3) is 0.500. The maximum absolute atomic E-state index is 13.7. The van der Waals surface area contributed by atoms with Crippen molar-refractivity contribution < 1.29 is 14.3 Å². The molecule has 0 saturated carbocycles. The van der Waals surface area contributed by atoms with Gasteiger partial charge >= 0.3 is 0 Å². The first-order valence-corrected chi connectivity index (χ1v) is 6.64. The van der Waals surface area contributed by atoms with Crippen molar-refractivity contribution in [3.8, 4) is 5.75 Å². The van der Waals surface area contributed by atoms with Crippen molar-refractivity contribution in [3.05, 3.63) is 29.6 Å². The molecule has 19 heavy (non-hydrogen) atoms. The number of amides is 1. The van der Waals surface area contributed by atoms with E-state index in [0.717, 1.165) is 25.9 Å². The van der Waals surface area contributed by atoms with Gasteiger partial charge in [0.2, 0.25) is 0 Å². The van der Waals surface area contributed by atoms with E-state index in [1.54, 1.807) is 4.90 Å². The van der Waals surface area contributed by atoms with Crippen LogP contribution in [0.3, 0.4) is 0 Å². The maximum Gasteiger partial charge on any atom is 0.260 e. The quantitative estimate of drug-likeness (QED) is 0.876. The zero-order valence-electron chi connectivity index (χ0n) is 11.0. The van der Waals surface area contributed by atoms with Crippen LogP contribution in [0.15, 0.2) is 18.2 Å². The standard InChI is InChI=1S/C14H19FN2O2/c1-2-17(10-5-4-8-16-9-10)14(19)13-11(15)6-3-7-12(13)18/h3,6-7,10,16,18H,2,4-5,8-9H2,1H3. The first kappa shape index (κ1) is 13.8. The van der Waals surface area contributed by atoms with Gasteiger partial charge in [-0.25, -0.2) is 4.39 Å². The van der Waals surface area contributed by atoms with Crippen molar-refractivity contribution >= 4 is 5.91 Å². The van der Waals surface area contributed by atoms with E-state index < -0.39 is 11.7 Å². The number of nitrogens with one attached hydrogen (secondary N) is 1. The normalized spacial score (nSPS) is 19.2. The van der Waals surface area contributed by atoms with Crippen LogP contribution < -0.4 is 5.32 Å². The van der Waals surface area contributed by atoms with Crippen LogP contribution in [0.1, 0.15) is 30.1 Å². The lowest BCUT2D eigenvalue weighted by atomic mass is 10.0. The molecule has 0 bridgehead atoms. The summed E-state index contributed by atoms with van der Waals surface area (Å²) < 4.78 is 13.7. The Morgan fingerprint density at radius 2 is 2.37 bits per heavy atom. The highest BCUT2D eigenvalue weighted by Crippen LogP contribution is 2.23. The van der Waals surface area contributed by atoms with Gasteiger partial charge in [-0.1, -0.05) is 6.07 Å². The second kappa shape index (κ2) is 6.02. The molecule has 1 amide bonds. The van der Waals surface area contributed by atoms with Gasteiger partial charge in [-0.2, -0.15) is 0 Å². The van der Waals surface area contributed by atoms with Gasteiger partial charge < -0.3 is 15.3 Å². The Morgan fingerprint density at radius 1 is 1.58 bits per heavy atom. The number of rotatable bonds is 3. The zero-order valence-corrected chi connectivity index (χ0v) is 11.0. The summed E-state index contributed by atoms with van der Waals surface area (Å²) in [7, 11) is 0. The molecular formula is C14H19FN2O2. The lowest BCUT2D eigenvalue weighted by Gasteiger charge is -2.34. The number of hydrogen-bond acceptors (Lipinski definition) is 3. The van der Waals surface area contributed by atoms with Crippen molar-refractivity contribution in [1.29, 1.82) is 0 Å². The molecule has 1 atom stereocenters. The lowest BCUT2D eigenvalue weighted by Crippen LogP contribution is -2.48. The zero-order chi connectivity index (χ0) is 13.8. The number of hydrogen-bond donors (Lipinski definition) is 2. The Labute approximate surface area is 112 Å². The number of nitrogens with zero attached hydrogens (tertiary/aromatic N) is 1. The van der Waals surface area contributed by atoms with E-state index >= 15 is 0 Å². The topological polar surface area (TPSA) is 52.6 Å². The number of carbonyl (C=O) groups excluding carboxylic acids is 1. The van der Waals surface area contributed by atoms with Crippen molar-refractivity contribution in [3.63, 3.8) is 0 Å². The van der Waals surface area contributed by atoms with Crippen molar-refractivity contribution in [2.24, 2.45) is 0 Å². The number of piperidine rings is 1. The van der Waals surface area contributed by atoms with E-state index in [1.165, 1.54) is 18.2 Å². The van der Waals surface area contributed by atoms with Gasteiger partial charge in [0.25, 0.3) is 5.91 Å². The van der Waals surface area contributed by atoms with Crippen LogP contribution in [0, 0.1) is 5.82 Å². The predicted molar refractivity (Wildman–Crippen MR) is 70.7 cm³/mol. The smallest absolute Gasteiger partial charge is 0.260 e. The van der Waals surface area contributed by atoms with Crippen LogP contribution in [-0.4, -0.2) is 41.6 Å². The first-order valence-electron chi connectivity index (χ1n) is 6.64. The van der Waals surface area contributed by atoms with Crippen LogP contribution in [0.2, 0.25) is 0 Å². The van der Waals surface area contributed by atoms with Crippen LogP contribution in [0.5, 0.6) is 5.75 Å². The second-order valence-corrected chi connectivity index (χ2v) is 4.73. The summed E-state index contributed by atoms with van der Waals surface area (Å²) in [6.07, 6.45) is 1.90. The number of phenolic OH excluding ortho intramolecular Hbond substituents is 1. The molecule has 1 aromatic rings. The van der Waals surface area contributed by atoms with Crippen molar-refractivity contribution in [1.82, 2.24) is 10.2 Å². The minimum atomic E-state index is -0.674. The number of likely N-dealkylation sites (N-methyl/N-ethyl adjacent to an activating group) is 1. The van der Waals surface area contributed by atoms with Gasteiger partial charge in [0.15, 0.2) is 0 Å². The SMILES string of the molecule is CCN(C(=O)c1c(O)cccc1F)C1CCCNC1. The summed E-state index contributed by atoms with van der Waals surface area (Å²) in [5.74, 6) is -1.41. The van der Waals surface area contributed by atoms with E-state index in [1.807, 2.05) is 6.92 Å². The van der Waals surface area contributed by atoms with Crippen LogP contribution in [0.25, 0.3) is 0 Å². The van der Waals surface area contributed by atoms with Crippen molar-refractivity contribution in [2.45, 2.75) is 25.8 Å². The highest BCUT2D eigenvalue weighted by molar-refractivity contribution is 5.97. The molecule has 5 heteroatoms. The lowest BCUT2D eigenvalue weighted by molar-refractivity contribution is 0.0654. The van der Waals surface area contributed by atoms with E-state index in [0.29, 0.717) is 6.54 Å². The molecule has 0 spiro atoms. The summed E-state index contributed by atoms with van der Waals surface area (Å²) >= 11 is 0. The fourth-order valence-electron chi connectivity index (χ4n) is 2.54. The van der Waals surface area contributed by atoms with Gasteiger partial charge in [-0.15, -0.1) is 0 Å². The molecular weight excluding hydrogens is 247 g/mol. The Balaban J connectivity index is 2.25. The summed E-state index contributed by atoms with van der Waals surface area (Å²) in [5.41, 5.74) is -0.227. The molecule has 2 N–H and O–H groups in total. The molecule has 1 fully saturated rings. The average Bonchev–Trinajstić information content (AvgIpc) is 2.40. The van der Waals surface area contributed by atoms with E-state index in [4.69, 9.17) is 0 Å². The van der Waals surface area contributed by atoms with Crippen molar-refractivity contribution in [2.75, 3.05) is 19.6 Å². The molecule has 1 aliphatic rings. The third kappa shape index (κ3) is 2.87. The highest BCUT2D eigenvalue weighted by atomic mass is 19.1. The number of aromatic hydroxyl groups is 1. The summed E-state index contributed by atoms with van der Waals surface area (Å²) in [6, 6.07) is 3.98. The summed E-state index contributed by atoms with van der Waals surface area (Å²) in [5, 5.41) is 12.9. The Bertz CT molecular complexity index is 439. The van der Waals surface area contributed by atoms with Gasteiger partial charge in [-0.05, 0) is 38.4 Å². The fourth-order valence-corrected chi connectivity index (χ4v) is 2.54. The Kier molecular flexibility index (Phi) is 4.37. The minimum absolute atomic E-state index is 0.0604. The predicted octanol–water partition coefficient (Wildman–Crippen LogP) is 1.75. The third-order valence-corrected chi connectivity index (χ3v) is 3.52. The first-order chi connectivity index (χ1) is 9.15. The maximum atomic E-state index is 13.7. The molecule has 4 nitrogen and oxygen atoms in total. The van der Waals surface area contributed by atoms with Crippen LogP contribution >= 0.6 is 0 Å². The van der Waals surface area contributed by atoms with Gasteiger partial charge in [0, 0.05) is 19.1 Å². The minimum Gasteiger partial charge on any atom is -0.507 e. The van der Waals surface area contributed by atoms with Crippen LogP contribution in [-0.2, 0) is 0 Å². The second-order valence-electron chi connectivity index (χ2n) is 4.73. The Morgan fingerprint density at radius 3 is 2.95 bits per heavy atom. The number of carbonyl (C=O) groups is 1. The molecule has 2 rings (SSSR count). The van der Waals surface area contributed by atoms with Gasteiger partial charge in [0.05, 0.1) is 0 Å². The summed E-state index contributed by atoms with van der Waals surface area (Å²) in [4.78, 5) is 14.0. The molecule has 0 aliphatic carbocycles. The molecule has 1 heterocycles. The number of phenols is 1. The molecule has 0 aromatic heterocycles. The van der Waals surface area contributed by atoms with Crippen LogP contribution in [0.4, 0.5) is 4.39 Å². The molecule has 0 radical (unpaired) electrons. The monoisotopic (exact) mass is 266 g/mol. The molecule has 1 saturated heterocycles. The molecule has 104 valence electrons. The highest BCUT2D eigenvalue weighted by Gasteiger charge is 2.28. The van der Waals surface area contributed by atoms with Gasteiger partial charge in [-0.3, -0.25) is 4.79 Å². The Hall–Kier alpha value is -1.62. The third-order valence-electron chi connectivity index (χ3n) is 3.52.